The SMILES string of the molecule is CC(C)Cn1nc(-c2ccncc2)cc1C#N. The minimum atomic E-state index is 0.465. The van der Waals surface area contributed by atoms with E-state index in [4.69, 9.17) is 5.26 Å². The van der Waals surface area contributed by atoms with Gasteiger partial charge in [0.25, 0.3) is 0 Å². The Hall–Kier alpha value is -2.15. The van der Waals surface area contributed by atoms with Crippen LogP contribution in [0.3, 0.4) is 0 Å². The Balaban J connectivity index is 2.39. The molecule has 0 aliphatic rings. The molecule has 86 valence electrons. The van der Waals surface area contributed by atoms with Crippen LogP contribution in [-0.4, -0.2) is 14.8 Å². The van der Waals surface area contributed by atoms with Crippen molar-refractivity contribution in [2.75, 3.05) is 0 Å². The van der Waals surface area contributed by atoms with Gasteiger partial charge >= 0.3 is 0 Å². The van der Waals surface area contributed by atoms with Crippen LogP contribution in [0.2, 0.25) is 0 Å². The van der Waals surface area contributed by atoms with E-state index in [1.54, 1.807) is 17.1 Å². The topological polar surface area (TPSA) is 54.5 Å². The van der Waals surface area contributed by atoms with Crippen molar-refractivity contribution in [2.24, 2.45) is 5.92 Å². The van der Waals surface area contributed by atoms with Gasteiger partial charge in [-0.1, -0.05) is 13.8 Å². The lowest BCUT2D eigenvalue weighted by molar-refractivity contribution is 0.480. The first-order valence-corrected chi connectivity index (χ1v) is 5.59. The Morgan fingerprint density at radius 1 is 1.35 bits per heavy atom. The molecule has 4 heteroatoms. The zero-order valence-electron chi connectivity index (χ0n) is 9.96. The molecule has 0 saturated carbocycles. The largest absolute Gasteiger partial charge is 0.265 e. The first-order chi connectivity index (χ1) is 8.20. The molecule has 0 atom stereocenters. The third-order valence-electron chi connectivity index (χ3n) is 2.41. The fourth-order valence-corrected chi connectivity index (χ4v) is 1.66. The molecule has 2 aromatic rings. The van der Waals surface area contributed by atoms with E-state index < -0.39 is 0 Å². The highest BCUT2D eigenvalue weighted by molar-refractivity contribution is 5.59. The molecule has 4 nitrogen and oxygen atoms in total. The van der Waals surface area contributed by atoms with Gasteiger partial charge in [-0.25, -0.2) is 0 Å². The van der Waals surface area contributed by atoms with E-state index in [0.29, 0.717) is 11.6 Å². The Bertz CT molecular complexity index is 534. The van der Waals surface area contributed by atoms with E-state index in [9.17, 15) is 0 Å². The van der Waals surface area contributed by atoms with Gasteiger partial charge in [-0.15, -0.1) is 0 Å². The van der Waals surface area contributed by atoms with Gasteiger partial charge in [-0.2, -0.15) is 10.4 Å². The number of aromatic nitrogens is 3. The van der Waals surface area contributed by atoms with E-state index in [-0.39, 0.29) is 0 Å². The monoisotopic (exact) mass is 226 g/mol. The molecule has 0 unspecified atom stereocenters. The van der Waals surface area contributed by atoms with Crippen molar-refractivity contribution in [1.29, 1.82) is 5.26 Å². The third-order valence-corrected chi connectivity index (χ3v) is 2.41. The molecular formula is C13H14N4. The summed E-state index contributed by atoms with van der Waals surface area (Å²) in [6.07, 6.45) is 3.45. The first-order valence-electron chi connectivity index (χ1n) is 5.59. The van der Waals surface area contributed by atoms with Crippen molar-refractivity contribution in [3.63, 3.8) is 0 Å². The van der Waals surface area contributed by atoms with Gasteiger partial charge in [0.2, 0.25) is 0 Å². The van der Waals surface area contributed by atoms with Gasteiger partial charge in [-0.05, 0) is 18.1 Å². The zero-order chi connectivity index (χ0) is 12.3. The van der Waals surface area contributed by atoms with E-state index in [1.165, 1.54) is 0 Å². The number of nitrogens with zero attached hydrogens (tertiary/aromatic N) is 4. The molecule has 17 heavy (non-hydrogen) atoms. The summed E-state index contributed by atoms with van der Waals surface area (Å²) in [7, 11) is 0. The maximum atomic E-state index is 9.07. The molecule has 0 amide bonds. The van der Waals surface area contributed by atoms with Gasteiger partial charge in [0.15, 0.2) is 0 Å². The van der Waals surface area contributed by atoms with E-state index in [2.05, 4.69) is 30.0 Å². The molecule has 2 heterocycles. The summed E-state index contributed by atoms with van der Waals surface area (Å²) in [6.45, 7) is 4.97. The minimum absolute atomic E-state index is 0.465. The van der Waals surface area contributed by atoms with Crippen molar-refractivity contribution in [3.8, 4) is 17.3 Å². The number of nitriles is 1. The Labute approximate surface area is 101 Å². The van der Waals surface area contributed by atoms with Crippen LogP contribution in [0, 0.1) is 17.2 Å². The molecule has 0 bridgehead atoms. The number of rotatable bonds is 3. The fraction of sp³-hybridized carbons (Fsp3) is 0.308. The van der Waals surface area contributed by atoms with Crippen LogP contribution in [0.5, 0.6) is 0 Å². The molecule has 0 saturated heterocycles. The van der Waals surface area contributed by atoms with Crippen LogP contribution in [0.25, 0.3) is 11.3 Å². The predicted molar refractivity (Wildman–Crippen MR) is 65.0 cm³/mol. The number of pyridine rings is 1. The van der Waals surface area contributed by atoms with Crippen LogP contribution < -0.4 is 0 Å². The summed E-state index contributed by atoms with van der Waals surface area (Å²) in [4.78, 5) is 3.97. The lowest BCUT2D eigenvalue weighted by Crippen LogP contribution is -2.08. The second-order valence-electron chi connectivity index (χ2n) is 4.34. The molecule has 0 N–H and O–H groups in total. The molecule has 0 aromatic carbocycles. The second kappa shape index (κ2) is 4.79. The number of hydrogen-bond donors (Lipinski definition) is 0. The number of hydrogen-bond acceptors (Lipinski definition) is 3. The summed E-state index contributed by atoms with van der Waals surface area (Å²) >= 11 is 0. The zero-order valence-corrected chi connectivity index (χ0v) is 9.96. The first kappa shape index (κ1) is 11.3. The predicted octanol–water partition coefficient (Wildman–Crippen LogP) is 2.47. The van der Waals surface area contributed by atoms with Gasteiger partial charge in [-0.3, -0.25) is 9.67 Å². The average Bonchev–Trinajstić information content (AvgIpc) is 2.72. The molecule has 0 radical (unpaired) electrons. The Morgan fingerprint density at radius 2 is 2.06 bits per heavy atom. The molecule has 0 fully saturated rings. The Morgan fingerprint density at radius 3 is 2.65 bits per heavy atom. The second-order valence-corrected chi connectivity index (χ2v) is 4.34. The maximum Gasteiger partial charge on any atom is 0.139 e. The van der Waals surface area contributed by atoms with Gasteiger partial charge in [0.05, 0.1) is 5.69 Å². The van der Waals surface area contributed by atoms with Crippen molar-refractivity contribution >= 4 is 0 Å². The standard InChI is InChI=1S/C13H14N4/c1-10(2)9-17-12(8-14)7-13(16-17)11-3-5-15-6-4-11/h3-7,10H,9H2,1-2H3. The van der Waals surface area contributed by atoms with Gasteiger partial charge in [0, 0.05) is 30.6 Å². The quantitative estimate of drug-likeness (QED) is 0.807. The van der Waals surface area contributed by atoms with E-state index in [0.717, 1.165) is 17.8 Å². The van der Waals surface area contributed by atoms with Crippen molar-refractivity contribution in [3.05, 3.63) is 36.3 Å². The average molecular weight is 226 g/mol. The van der Waals surface area contributed by atoms with Gasteiger partial charge in [0.1, 0.15) is 11.8 Å². The Kier molecular flexibility index (Phi) is 3.20. The smallest absolute Gasteiger partial charge is 0.139 e. The summed E-state index contributed by atoms with van der Waals surface area (Å²) in [5.74, 6) is 0.465. The molecule has 2 aromatic heterocycles. The summed E-state index contributed by atoms with van der Waals surface area (Å²) in [6, 6.07) is 7.78. The summed E-state index contributed by atoms with van der Waals surface area (Å²) in [5.41, 5.74) is 2.41. The van der Waals surface area contributed by atoms with Crippen molar-refractivity contribution < 1.29 is 0 Å². The lowest BCUT2D eigenvalue weighted by atomic mass is 10.2. The maximum absolute atomic E-state index is 9.07. The third kappa shape index (κ3) is 2.51. The summed E-state index contributed by atoms with van der Waals surface area (Å²) < 4.78 is 1.76. The highest BCUT2D eigenvalue weighted by Crippen LogP contribution is 2.18. The molecule has 2 rings (SSSR count). The highest BCUT2D eigenvalue weighted by Gasteiger charge is 2.09. The van der Waals surface area contributed by atoms with Crippen molar-refractivity contribution in [2.45, 2.75) is 20.4 Å². The molecule has 0 aliphatic heterocycles. The fourth-order valence-electron chi connectivity index (χ4n) is 1.66. The van der Waals surface area contributed by atoms with Crippen LogP contribution in [-0.2, 0) is 6.54 Å². The van der Waals surface area contributed by atoms with Crippen LogP contribution >= 0.6 is 0 Å². The van der Waals surface area contributed by atoms with Crippen molar-refractivity contribution in [1.82, 2.24) is 14.8 Å². The normalized spacial score (nSPS) is 10.5. The van der Waals surface area contributed by atoms with E-state index in [1.807, 2.05) is 18.2 Å². The highest BCUT2D eigenvalue weighted by atomic mass is 15.3. The lowest BCUT2D eigenvalue weighted by Gasteiger charge is -2.05. The molecular weight excluding hydrogens is 212 g/mol. The van der Waals surface area contributed by atoms with Crippen LogP contribution in [0.15, 0.2) is 30.6 Å². The molecule has 0 spiro atoms. The minimum Gasteiger partial charge on any atom is -0.265 e. The van der Waals surface area contributed by atoms with E-state index >= 15 is 0 Å². The van der Waals surface area contributed by atoms with Crippen LogP contribution in [0.1, 0.15) is 19.5 Å². The van der Waals surface area contributed by atoms with Crippen LogP contribution in [0.4, 0.5) is 0 Å². The summed E-state index contributed by atoms with van der Waals surface area (Å²) in [5, 5.41) is 13.5. The molecule has 0 aliphatic carbocycles. The van der Waals surface area contributed by atoms with Gasteiger partial charge < -0.3 is 0 Å².